The van der Waals surface area contributed by atoms with Crippen molar-refractivity contribution in [3.05, 3.63) is 54.1 Å². The lowest BCUT2D eigenvalue weighted by atomic mass is 10.0. The molecule has 0 aromatic heterocycles. The van der Waals surface area contributed by atoms with E-state index >= 15 is 0 Å². The van der Waals surface area contributed by atoms with Crippen LogP contribution in [0, 0.1) is 0 Å². The highest BCUT2D eigenvalue weighted by Gasteiger charge is 2.45. The molecule has 33 heavy (non-hydrogen) atoms. The molecule has 0 radical (unpaired) electrons. The summed E-state index contributed by atoms with van der Waals surface area (Å²) in [7, 11) is 4.98. The molecule has 9 nitrogen and oxygen atoms in total. The van der Waals surface area contributed by atoms with Gasteiger partial charge in [-0.3, -0.25) is 4.90 Å². The van der Waals surface area contributed by atoms with Crippen LogP contribution in [0.2, 0.25) is 0 Å². The lowest BCUT2D eigenvalue weighted by Crippen LogP contribution is -2.50. The number of hydrogen-bond acceptors (Lipinski definition) is 7. The van der Waals surface area contributed by atoms with Gasteiger partial charge < -0.3 is 35.1 Å². The number of hydrogen-bond donors (Lipinski definition) is 4. The average Bonchev–Trinajstić information content (AvgIpc) is 3.16. The number of carbonyl (C=O) groups excluding carboxylic acids is 1. The Bertz CT molecular complexity index is 875. The lowest BCUT2D eigenvalue weighted by molar-refractivity contribution is -0.0205. The Morgan fingerprint density at radius 2 is 1.76 bits per heavy atom. The van der Waals surface area contributed by atoms with Gasteiger partial charge in [-0.1, -0.05) is 30.3 Å². The van der Waals surface area contributed by atoms with Gasteiger partial charge in [0.2, 0.25) is 0 Å². The molecule has 1 heterocycles. The fourth-order valence-corrected chi connectivity index (χ4v) is 4.04. The van der Waals surface area contributed by atoms with Crippen molar-refractivity contribution in [2.75, 3.05) is 46.3 Å². The zero-order chi connectivity index (χ0) is 23.8. The first-order valence-corrected chi connectivity index (χ1v) is 10.9. The van der Waals surface area contributed by atoms with Gasteiger partial charge >= 0.3 is 6.03 Å². The third-order valence-electron chi connectivity index (χ3n) is 5.82. The van der Waals surface area contributed by atoms with Gasteiger partial charge in [0.15, 0.2) is 0 Å². The van der Waals surface area contributed by atoms with E-state index < -0.39 is 24.3 Å². The van der Waals surface area contributed by atoms with Crippen LogP contribution in [0.15, 0.2) is 48.5 Å². The van der Waals surface area contributed by atoms with E-state index in [9.17, 15) is 15.0 Å². The van der Waals surface area contributed by atoms with E-state index in [1.54, 1.807) is 18.2 Å². The normalized spacial score (nSPS) is 22.2. The van der Waals surface area contributed by atoms with E-state index in [1.807, 2.05) is 30.1 Å². The first kappa shape index (κ1) is 24.8. The molecule has 0 unspecified atom stereocenters. The van der Waals surface area contributed by atoms with Crippen LogP contribution in [0.4, 0.5) is 10.5 Å². The minimum absolute atomic E-state index is 0.168. The summed E-state index contributed by atoms with van der Waals surface area (Å²) in [5, 5.41) is 25.9. The Kier molecular flexibility index (Phi) is 8.90. The number of nitrogens with zero attached hydrogens (tertiary/aromatic N) is 1. The maximum Gasteiger partial charge on any atom is 0.319 e. The van der Waals surface area contributed by atoms with Gasteiger partial charge in [0.1, 0.15) is 23.7 Å². The minimum Gasteiger partial charge on any atom is -0.497 e. The summed E-state index contributed by atoms with van der Waals surface area (Å²) >= 11 is 0. The summed E-state index contributed by atoms with van der Waals surface area (Å²) in [6, 6.07) is 14.3. The molecular formula is C24H33N3O6. The molecule has 4 N–H and O–H groups in total. The van der Waals surface area contributed by atoms with Crippen molar-refractivity contribution in [2.24, 2.45) is 0 Å². The summed E-state index contributed by atoms with van der Waals surface area (Å²) in [5.74, 6) is 1.11. The fourth-order valence-electron chi connectivity index (χ4n) is 4.04. The molecule has 1 saturated heterocycles. The summed E-state index contributed by atoms with van der Waals surface area (Å²) in [5.41, 5.74) is 1.71. The molecular weight excluding hydrogens is 426 g/mol. The van der Waals surface area contributed by atoms with Crippen LogP contribution in [0.1, 0.15) is 5.56 Å². The smallest absolute Gasteiger partial charge is 0.319 e. The summed E-state index contributed by atoms with van der Waals surface area (Å²) in [6.07, 6.45) is -1.24. The second-order valence-corrected chi connectivity index (χ2v) is 8.03. The van der Waals surface area contributed by atoms with Crippen LogP contribution in [0.5, 0.6) is 11.5 Å². The van der Waals surface area contributed by atoms with Gasteiger partial charge in [0, 0.05) is 37.0 Å². The summed E-state index contributed by atoms with van der Waals surface area (Å²) < 4.78 is 16.3. The molecule has 1 aliphatic heterocycles. The molecule has 0 bridgehead atoms. The van der Waals surface area contributed by atoms with Gasteiger partial charge in [-0.2, -0.15) is 0 Å². The Hall–Kier alpha value is -2.85. The quantitative estimate of drug-likeness (QED) is 0.426. The molecule has 1 fully saturated rings. The fraction of sp³-hybridized carbons (Fsp3) is 0.458. The standard InChI is InChI=1S/C24H33N3O6/c1-27(10-9-16-7-5-4-6-8-16)22-20(33-21(15-28)23(22)29)14-25-24(30)26-17-11-18(31-2)13-19(12-17)32-3/h4-8,11-13,20-23,28-29H,9-10,14-15H2,1-3H3,(H2,25,26,30)/t20-,21+,22+,23-/m1/s1. The van der Waals surface area contributed by atoms with Gasteiger partial charge in [-0.25, -0.2) is 4.79 Å². The number of methoxy groups -OCH3 is 2. The van der Waals surface area contributed by atoms with Crippen molar-refractivity contribution >= 4 is 11.7 Å². The van der Waals surface area contributed by atoms with E-state index in [0.29, 0.717) is 23.7 Å². The molecule has 180 valence electrons. The number of likely N-dealkylation sites (N-methyl/N-ethyl adjacent to an activating group) is 1. The van der Waals surface area contributed by atoms with E-state index in [1.165, 1.54) is 19.8 Å². The number of urea groups is 1. The number of amides is 2. The molecule has 0 spiro atoms. The first-order chi connectivity index (χ1) is 15.9. The SMILES string of the molecule is COc1cc(NC(=O)NC[C@H]2O[C@@H](CO)[C@@H](O)[C@H]2N(C)CCc2ccccc2)cc(OC)c1. The predicted molar refractivity (Wildman–Crippen MR) is 125 cm³/mol. The van der Waals surface area contributed by atoms with E-state index in [2.05, 4.69) is 22.8 Å². The number of aliphatic hydroxyl groups excluding tert-OH is 2. The minimum atomic E-state index is -0.867. The zero-order valence-electron chi connectivity index (χ0n) is 19.2. The molecule has 2 amide bonds. The van der Waals surface area contributed by atoms with Crippen LogP contribution in [0.3, 0.4) is 0 Å². The predicted octanol–water partition coefficient (Wildman–Crippen LogP) is 1.49. The number of ether oxygens (including phenoxy) is 3. The maximum absolute atomic E-state index is 12.5. The Labute approximate surface area is 194 Å². The molecule has 1 aliphatic rings. The highest BCUT2D eigenvalue weighted by Crippen LogP contribution is 2.27. The monoisotopic (exact) mass is 459 g/mol. The first-order valence-electron chi connectivity index (χ1n) is 10.9. The number of nitrogens with one attached hydrogen (secondary N) is 2. The zero-order valence-corrected chi connectivity index (χ0v) is 19.2. The second-order valence-electron chi connectivity index (χ2n) is 8.03. The molecule has 3 rings (SSSR count). The molecule has 2 aromatic carbocycles. The van der Waals surface area contributed by atoms with Crippen LogP contribution in [-0.2, 0) is 11.2 Å². The number of benzene rings is 2. The van der Waals surface area contributed by atoms with E-state index in [0.717, 1.165) is 6.42 Å². The van der Waals surface area contributed by atoms with Crippen molar-refractivity contribution in [1.29, 1.82) is 0 Å². The van der Waals surface area contributed by atoms with Crippen LogP contribution >= 0.6 is 0 Å². The largest absolute Gasteiger partial charge is 0.497 e. The molecule has 0 saturated carbocycles. The Morgan fingerprint density at radius 3 is 2.36 bits per heavy atom. The molecule has 0 aliphatic carbocycles. The number of anilines is 1. The number of rotatable bonds is 10. The third-order valence-corrected chi connectivity index (χ3v) is 5.82. The lowest BCUT2D eigenvalue weighted by Gasteiger charge is -2.30. The van der Waals surface area contributed by atoms with E-state index in [4.69, 9.17) is 14.2 Å². The molecule has 9 heteroatoms. The van der Waals surface area contributed by atoms with Crippen LogP contribution in [-0.4, -0.2) is 86.5 Å². The van der Waals surface area contributed by atoms with Crippen molar-refractivity contribution in [2.45, 2.75) is 30.8 Å². The number of aliphatic hydroxyl groups is 2. The highest BCUT2D eigenvalue weighted by atomic mass is 16.5. The maximum atomic E-state index is 12.5. The van der Waals surface area contributed by atoms with Crippen molar-refractivity contribution in [3.63, 3.8) is 0 Å². The summed E-state index contributed by atoms with van der Waals surface area (Å²) in [6.45, 7) is 0.566. The molecule has 4 atom stereocenters. The van der Waals surface area contributed by atoms with Gasteiger partial charge in [0.25, 0.3) is 0 Å². The number of carbonyl (C=O) groups is 1. The highest BCUT2D eigenvalue weighted by molar-refractivity contribution is 5.89. The van der Waals surface area contributed by atoms with Crippen molar-refractivity contribution in [1.82, 2.24) is 10.2 Å². The average molecular weight is 460 g/mol. The molecule has 2 aromatic rings. The van der Waals surface area contributed by atoms with Crippen LogP contribution < -0.4 is 20.1 Å². The third kappa shape index (κ3) is 6.58. The van der Waals surface area contributed by atoms with Crippen LogP contribution in [0.25, 0.3) is 0 Å². The van der Waals surface area contributed by atoms with Gasteiger partial charge in [-0.15, -0.1) is 0 Å². The van der Waals surface area contributed by atoms with Gasteiger partial charge in [-0.05, 0) is 19.0 Å². The van der Waals surface area contributed by atoms with Crippen molar-refractivity contribution in [3.8, 4) is 11.5 Å². The second kappa shape index (κ2) is 11.9. The van der Waals surface area contributed by atoms with E-state index in [-0.39, 0.29) is 19.2 Å². The summed E-state index contributed by atoms with van der Waals surface area (Å²) in [4.78, 5) is 14.5. The topological polar surface area (TPSA) is 113 Å². The Morgan fingerprint density at radius 1 is 1.09 bits per heavy atom. The van der Waals surface area contributed by atoms with Crippen molar-refractivity contribution < 1.29 is 29.2 Å². The Balaban J connectivity index is 1.59. The van der Waals surface area contributed by atoms with Gasteiger partial charge in [0.05, 0.1) is 33.0 Å².